The number of carbonyl (C=O) groups is 1. The van der Waals surface area contributed by atoms with Crippen LogP contribution in [-0.4, -0.2) is 11.7 Å². The Hall–Kier alpha value is -3.58. The number of hydrogen-bond acceptors (Lipinski definition) is 3. The third kappa shape index (κ3) is 5.10. The summed E-state index contributed by atoms with van der Waals surface area (Å²) in [6, 6.07) is 14.2. The van der Waals surface area contributed by atoms with Crippen LogP contribution in [0.25, 0.3) is 0 Å². The normalized spacial score (nSPS) is 16.4. The summed E-state index contributed by atoms with van der Waals surface area (Å²) in [6.07, 6.45) is 0. The van der Waals surface area contributed by atoms with Gasteiger partial charge in [0.15, 0.2) is 0 Å². The van der Waals surface area contributed by atoms with Crippen LogP contribution in [0, 0.1) is 24.4 Å². The number of halogens is 4. The van der Waals surface area contributed by atoms with Crippen molar-refractivity contribution in [3.05, 3.63) is 117 Å². The number of amides is 1. The molecule has 0 saturated heterocycles. The van der Waals surface area contributed by atoms with Gasteiger partial charge in [-0.3, -0.25) is 9.79 Å². The second-order valence-corrected chi connectivity index (χ2v) is 8.83. The molecule has 1 aliphatic heterocycles. The van der Waals surface area contributed by atoms with E-state index in [0.717, 1.165) is 11.6 Å². The Morgan fingerprint density at radius 1 is 1.03 bits per heavy atom. The molecule has 3 aromatic carbocycles. The first-order valence-electron chi connectivity index (χ1n) is 11.0. The van der Waals surface area contributed by atoms with Crippen molar-refractivity contribution in [3.63, 3.8) is 0 Å². The summed E-state index contributed by atoms with van der Waals surface area (Å²) < 4.78 is 43.3. The molecule has 0 unspecified atom stereocenters. The first-order chi connectivity index (χ1) is 16.7. The van der Waals surface area contributed by atoms with Gasteiger partial charge in [0.2, 0.25) is 0 Å². The van der Waals surface area contributed by atoms with E-state index >= 15 is 0 Å². The van der Waals surface area contributed by atoms with Crippen molar-refractivity contribution in [1.29, 1.82) is 0 Å². The zero-order valence-electron chi connectivity index (χ0n) is 19.3. The maximum absolute atomic E-state index is 14.8. The molecule has 8 heteroatoms. The molecule has 180 valence electrons. The van der Waals surface area contributed by atoms with E-state index in [1.165, 1.54) is 24.3 Å². The lowest BCUT2D eigenvalue weighted by molar-refractivity contribution is -0.118. The Morgan fingerprint density at radius 3 is 2.31 bits per heavy atom. The minimum Gasteiger partial charge on any atom is -0.346 e. The molecule has 0 fully saturated rings. The number of nitrogens with zero attached hydrogens (tertiary/aromatic N) is 1. The Bertz CT molecular complexity index is 1330. The first kappa shape index (κ1) is 24.5. The molecule has 3 aromatic rings. The van der Waals surface area contributed by atoms with Gasteiger partial charge in [-0.2, -0.15) is 0 Å². The quantitative estimate of drug-likeness (QED) is 0.434. The zero-order valence-corrected chi connectivity index (χ0v) is 20.1. The third-order valence-electron chi connectivity index (χ3n) is 5.81. The maximum Gasteiger partial charge on any atom is 0.251 e. The molecule has 0 saturated carbocycles. The van der Waals surface area contributed by atoms with E-state index < -0.39 is 29.4 Å². The molecule has 0 bridgehead atoms. The Morgan fingerprint density at radius 2 is 1.69 bits per heavy atom. The lowest BCUT2D eigenvalue weighted by Crippen LogP contribution is -2.38. The van der Waals surface area contributed by atoms with E-state index in [4.69, 9.17) is 11.6 Å². The van der Waals surface area contributed by atoms with Gasteiger partial charge in [0.05, 0.1) is 17.2 Å². The highest BCUT2D eigenvalue weighted by atomic mass is 35.5. The zero-order chi connectivity index (χ0) is 25.3. The molecule has 2 N–H and O–H groups in total. The topological polar surface area (TPSA) is 53.5 Å². The second-order valence-electron chi connectivity index (χ2n) is 8.42. The molecule has 35 heavy (non-hydrogen) atoms. The number of benzene rings is 3. The standard InChI is InChI=1S/C27H23ClF3N3O/c1-14-11-21(30)24(22(31)12-14)26-32-16(3)23(25(34-26)19-10-9-18(29)13-20(19)28)27(35)33-15(2)17-7-5-4-6-8-17/h4-13,15,25H,1-3H3,(H,32,34)(H,33,35)/t15-,25-/m0/s1. The van der Waals surface area contributed by atoms with Crippen LogP contribution in [0.5, 0.6) is 0 Å². The molecule has 1 aliphatic rings. The van der Waals surface area contributed by atoms with Crippen molar-refractivity contribution in [3.8, 4) is 0 Å². The SMILES string of the molecule is CC1=C(C(=O)N[C@@H](C)c2ccccc2)[C@H](c2ccc(F)cc2Cl)N=C(c2c(F)cc(C)cc2F)N1. The van der Waals surface area contributed by atoms with Crippen LogP contribution in [0.4, 0.5) is 13.2 Å². The van der Waals surface area contributed by atoms with Crippen LogP contribution in [-0.2, 0) is 4.79 Å². The van der Waals surface area contributed by atoms with Crippen molar-refractivity contribution in [1.82, 2.24) is 10.6 Å². The highest BCUT2D eigenvalue weighted by Crippen LogP contribution is 2.36. The molecule has 4 rings (SSSR count). The summed E-state index contributed by atoms with van der Waals surface area (Å²) in [5.41, 5.74) is 1.84. The van der Waals surface area contributed by atoms with Crippen LogP contribution in [0.2, 0.25) is 5.02 Å². The average Bonchev–Trinajstić information content (AvgIpc) is 2.78. The molecule has 0 spiro atoms. The number of carbonyl (C=O) groups excluding carboxylic acids is 1. The third-order valence-corrected chi connectivity index (χ3v) is 6.14. The van der Waals surface area contributed by atoms with Gasteiger partial charge >= 0.3 is 0 Å². The average molecular weight is 498 g/mol. The summed E-state index contributed by atoms with van der Waals surface area (Å²) in [5.74, 6) is -2.68. The second kappa shape index (κ2) is 9.96. The molecule has 2 atom stereocenters. The predicted molar refractivity (Wildman–Crippen MR) is 131 cm³/mol. The lowest BCUT2D eigenvalue weighted by Gasteiger charge is -2.28. The van der Waals surface area contributed by atoms with E-state index in [9.17, 15) is 18.0 Å². The van der Waals surface area contributed by atoms with Crippen molar-refractivity contribution >= 4 is 23.3 Å². The number of rotatable bonds is 5. The van der Waals surface area contributed by atoms with E-state index in [1.807, 2.05) is 37.3 Å². The van der Waals surface area contributed by atoms with Gasteiger partial charge in [-0.15, -0.1) is 0 Å². The van der Waals surface area contributed by atoms with Crippen LogP contribution >= 0.6 is 11.6 Å². The fraction of sp³-hybridized carbons (Fsp3) is 0.185. The number of hydrogen-bond donors (Lipinski definition) is 2. The Labute approximate surface area is 206 Å². The fourth-order valence-electron chi connectivity index (χ4n) is 4.07. The molecule has 1 amide bonds. The number of aliphatic imine (C=N–C) groups is 1. The molecule has 0 aromatic heterocycles. The van der Waals surface area contributed by atoms with Crippen LogP contribution in [0.1, 0.15) is 48.2 Å². The van der Waals surface area contributed by atoms with Crippen molar-refractivity contribution in [2.24, 2.45) is 4.99 Å². The van der Waals surface area contributed by atoms with Crippen LogP contribution in [0.15, 0.2) is 76.9 Å². The van der Waals surface area contributed by atoms with Gasteiger partial charge in [0, 0.05) is 16.3 Å². The van der Waals surface area contributed by atoms with Gasteiger partial charge in [-0.05, 0) is 56.2 Å². The maximum atomic E-state index is 14.8. The van der Waals surface area contributed by atoms with Gasteiger partial charge in [-0.25, -0.2) is 13.2 Å². The molecule has 1 heterocycles. The Kier molecular flexibility index (Phi) is 6.98. The Balaban J connectivity index is 1.79. The predicted octanol–water partition coefficient (Wildman–Crippen LogP) is 6.31. The van der Waals surface area contributed by atoms with Gasteiger partial charge < -0.3 is 10.6 Å². The highest BCUT2D eigenvalue weighted by molar-refractivity contribution is 6.31. The van der Waals surface area contributed by atoms with E-state index in [-0.39, 0.29) is 28.0 Å². The monoisotopic (exact) mass is 497 g/mol. The van der Waals surface area contributed by atoms with Crippen molar-refractivity contribution < 1.29 is 18.0 Å². The summed E-state index contributed by atoms with van der Waals surface area (Å²) in [4.78, 5) is 17.9. The highest BCUT2D eigenvalue weighted by Gasteiger charge is 2.33. The minimum absolute atomic E-state index is 0.0408. The van der Waals surface area contributed by atoms with Crippen LogP contribution < -0.4 is 10.6 Å². The summed E-state index contributed by atoms with van der Waals surface area (Å²) in [6.45, 7) is 5.03. The molecular weight excluding hydrogens is 475 g/mol. The number of aryl methyl sites for hydroxylation is 1. The van der Waals surface area contributed by atoms with Gasteiger partial charge in [0.25, 0.3) is 5.91 Å². The summed E-state index contributed by atoms with van der Waals surface area (Å²) in [7, 11) is 0. The van der Waals surface area contributed by atoms with Crippen molar-refractivity contribution in [2.75, 3.05) is 0 Å². The minimum atomic E-state index is -1.03. The smallest absolute Gasteiger partial charge is 0.251 e. The molecule has 0 aliphatic carbocycles. The van der Waals surface area contributed by atoms with E-state index in [0.29, 0.717) is 16.8 Å². The van der Waals surface area contributed by atoms with E-state index in [2.05, 4.69) is 15.6 Å². The van der Waals surface area contributed by atoms with Gasteiger partial charge in [-0.1, -0.05) is 48.0 Å². The number of amidine groups is 1. The summed E-state index contributed by atoms with van der Waals surface area (Å²) in [5, 5.41) is 5.86. The first-order valence-corrected chi connectivity index (χ1v) is 11.4. The molecular formula is C27H23ClF3N3O. The van der Waals surface area contributed by atoms with Gasteiger partial charge in [0.1, 0.15) is 29.3 Å². The molecule has 4 nitrogen and oxygen atoms in total. The number of allylic oxidation sites excluding steroid dienone is 1. The number of nitrogens with one attached hydrogen (secondary N) is 2. The largest absolute Gasteiger partial charge is 0.346 e. The fourth-order valence-corrected chi connectivity index (χ4v) is 4.34. The summed E-state index contributed by atoms with van der Waals surface area (Å²) >= 11 is 6.33. The lowest BCUT2D eigenvalue weighted by atomic mass is 9.94. The van der Waals surface area contributed by atoms with Crippen molar-refractivity contribution in [2.45, 2.75) is 32.9 Å². The van der Waals surface area contributed by atoms with E-state index in [1.54, 1.807) is 13.8 Å². The van der Waals surface area contributed by atoms with Crippen LogP contribution in [0.3, 0.4) is 0 Å². The molecule has 0 radical (unpaired) electrons.